The third kappa shape index (κ3) is 7.81. The van der Waals surface area contributed by atoms with E-state index in [1.165, 1.54) is 4.90 Å². The predicted molar refractivity (Wildman–Crippen MR) is 162 cm³/mol. The molecule has 0 radical (unpaired) electrons. The number of carbonyl (C=O) groups is 3. The van der Waals surface area contributed by atoms with Crippen molar-refractivity contribution >= 4 is 46.5 Å². The summed E-state index contributed by atoms with van der Waals surface area (Å²) in [6, 6.07) is 13.0. The van der Waals surface area contributed by atoms with Crippen LogP contribution in [0.1, 0.15) is 37.0 Å². The first kappa shape index (κ1) is 30.4. The molecule has 2 fully saturated rings. The maximum absolute atomic E-state index is 13.7. The smallest absolute Gasteiger partial charge is 0.338 e. The number of esters is 1. The van der Waals surface area contributed by atoms with E-state index in [1.54, 1.807) is 55.5 Å². The van der Waals surface area contributed by atoms with Crippen LogP contribution in [-0.2, 0) is 14.3 Å². The molecule has 2 aromatic carbocycles. The van der Waals surface area contributed by atoms with E-state index in [4.69, 9.17) is 21.7 Å². The number of nitrogens with one attached hydrogen (secondary N) is 1. The second kappa shape index (κ2) is 14.4. The van der Waals surface area contributed by atoms with Crippen molar-refractivity contribution in [3.05, 3.63) is 54.1 Å². The molecule has 1 atom stereocenters. The second-order valence-electron chi connectivity index (χ2n) is 10.1. The van der Waals surface area contributed by atoms with Crippen molar-refractivity contribution in [2.45, 2.75) is 32.7 Å². The lowest BCUT2D eigenvalue weighted by atomic mass is 10.1. The number of nitrogens with zero attached hydrogens (tertiary/aromatic N) is 4. The number of amides is 2. The molecule has 0 saturated carbocycles. The van der Waals surface area contributed by atoms with Crippen LogP contribution in [0.3, 0.4) is 0 Å². The molecule has 2 aliphatic rings. The molecule has 2 aromatic rings. The molecule has 2 heterocycles. The highest BCUT2D eigenvalue weighted by atomic mass is 32.1. The van der Waals surface area contributed by atoms with Gasteiger partial charge < -0.3 is 29.5 Å². The molecule has 41 heavy (non-hydrogen) atoms. The number of hydrogen-bond donors (Lipinski definition) is 1. The van der Waals surface area contributed by atoms with Crippen LogP contribution >= 0.6 is 12.2 Å². The van der Waals surface area contributed by atoms with Crippen LogP contribution in [0.2, 0.25) is 0 Å². The number of likely N-dealkylation sites (N-methyl/N-ethyl adjacent to an activating group) is 1. The summed E-state index contributed by atoms with van der Waals surface area (Å²) < 4.78 is 10.5. The maximum atomic E-state index is 13.7. The van der Waals surface area contributed by atoms with E-state index in [0.717, 1.165) is 44.9 Å². The van der Waals surface area contributed by atoms with E-state index in [-0.39, 0.29) is 24.8 Å². The fourth-order valence-electron chi connectivity index (χ4n) is 5.01. The lowest BCUT2D eigenvalue weighted by Crippen LogP contribution is -2.45. The number of carbonyl (C=O) groups excluding carboxylic acids is 3. The molecule has 11 heteroatoms. The molecule has 1 unspecified atom stereocenters. The topological polar surface area (TPSA) is 94.7 Å². The van der Waals surface area contributed by atoms with Crippen molar-refractivity contribution in [1.29, 1.82) is 0 Å². The van der Waals surface area contributed by atoms with Crippen molar-refractivity contribution in [3.63, 3.8) is 0 Å². The normalized spacial score (nSPS) is 18.1. The lowest BCUT2D eigenvalue weighted by molar-refractivity contribution is -0.124. The quantitative estimate of drug-likeness (QED) is 0.300. The Labute approximate surface area is 247 Å². The number of thiocarbonyl (C=S) groups is 1. The molecule has 2 aliphatic heterocycles. The van der Waals surface area contributed by atoms with E-state index in [1.807, 2.05) is 11.8 Å². The van der Waals surface area contributed by atoms with Crippen LogP contribution in [-0.4, -0.2) is 103 Å². The zero-order chi connectivity index (χ0) is 29.4. The number of piperazine rings is 1. The van der Waals surface area contributed by atoms with Gasteiger partial charge >= 0.3 is 5.97 Å². The van der Waals surface area contributed by atoms with Gasteiger partial charge in [0, 0.05) is 38.4 Å². The highest BCUT2D eigenvalue weighted by molar-refractivity contribution is 7.80. The Hall–Kier alpha value is -3.54. The molecule has 0 aliphatic carbocycles. The summed E-state index contributed by atoms with van der Waals surface area (Å²) in [5.41, 5.74) is 1.56. The van der Waals surface area contributed by atoms with Crippen molar-refractivity contribution in [2.24, 2.45) is 0 Å². The summed E-state index contributed by atoms with van der Waals surface area (Å²) in [7, 11) is 2.13. The monoisotopic (exact) mass is 581 g/mol. The number of rotatable bonds is 12. The largest absolute Gasteiger partial charge is 0.494 e. The molecular formula is C30H39N5O5S. The lowest BCUT2D eigenvalue weighted by Gasteiger charge is -2.33. The average Bonchev–Trinajstić information content (AvgIpc) is 3.19. The Morgan fingerprint density at radius 3 is 2.27 bits per heavy atom. The van der Waals surface area contributed by atoms with Gasteiger partial charge in [0.05, 0.1) is 30.9 Å². The van der Waals surface area contributed by atoms with Gasteiger partial charge in [0.2, 0.25) is 5.91 Å². The van der Waals surface area contributed by atoms with Crippen molar-refractivity contribution in [3.8, 4) is 5.75 Å². The van der Waals surface area contributed by atoms with Gasteiger partial charge in [0.15, 0.2) is 5.11 Å². The highest BCUT2D eigenvalue weighted by Gasteiger charge is 2.44. The number of anilines is 2. The number of benzene rings is 2. The molecule has 0 aromatic heterocycles. The molecule has 0 spiro atoms. The Bertz CT molecular complexity index is 1210. The molecule has 220 valence electrons. The molecule has 2 saturated heterocycles. The van der Waals surface area contributed by atoms with Crippen LogP contribution in [0.5, 0.6) is 5.75 Å². The van der Waals surface area contributed by atoms with Gasteiger partial charge in [-0.05, 0) is 94.6 Å². The van der Waals surface area contributed by atoms with E-state index >= 15 is 0 Å². The van der Waals surface area contributed by atoms with Crippen LogP contribution in [0, 0.1) is 0 Å². The first-order chi connectivity index (χ1) is 19.8. The third-order valence-corrected chi connectivity index (χ3v) is 7.67. The van der Waals surface area contributed by atoms with Crippen LogP contribution < -0.4 is 15.0 Å². The minimum atomic E-state index is -0.734. The molecule has 1 N–H and O–H groups in total. The van der Waals surface area contributed by atoms with Gasteiger partial charge in [-0.25, -0.2) is 4.79 Å². The average molecular weight is 582 g/mol. The predicted octanol–water partition coefficient (Wildman–Crippen LogP) is 3.23. The SMILES string of the molecule is CCOC(=O)c1ccc(N2C(=O)C(CC(=O)Nc3ccc(OCC)cc3)N(CCCN3CCN(C)CC3)C2=S)cc1. The second-order valence-corrected chi connectivity index (χ2v) is 10.5. The zero-order valence-corrected chi connectivity index (χ0v) is 24.8. The van der Waals surface area contributed by atoms with Crippen LogP contribution in [0.4, 0.5) is 11.4 Å². The Kier molecular flexibility index (Phi) is 10.7. The fraction of sp³-hybridized carbons (Fsp3) is 0.467. The summed E-state index contributed by atoms with van der Waals surface area (Å²) in [5, 5.41) is 3.25. The van der Waals surface area contributed by atoms with Crippen LogP contribution in [0.15, 0.2) is 48.5 Å². The minimum absolute atomic E-state index is 0.0435. The first-order valence-corrected chi connectivity index (χ1v) is 14.6. The van der Waals surface area contributed by atoms with Gasteiger partial charge in [-0.1, -0.05) is 0 Å². The third-order valence-electron chi connectivity index (χ3n) is 7.25. The Morgan fingerprint density at radius 1 is 0.951 bits per heavy atom. The van der Waals surface area contributed by atoms with E-state index in [2.05, 4.69) is 22.2 Å². The highest BCUT2D eigenvalue weighted by Crippen LogP contribution is 2.28. The van der Waals surface area contributed by atoms with Crippen molar-refractivity contribution in [1.82, 2.24) is 14.7 Å². The fourth-order valence-corrected chi connectivity index (χ4v) is 5.42. The molecule has 4 rings (SSSR count). The van der Waals surface area contributed by atoms with Gasteiger partial charge in [-0.3, -0.25) is 14.5 Å². The Morgan fingerprint density at radius 2 is 1.63 bits per heavy atom. The van der Waals surface area contributed by atoms with Crippen molar-refractivity contribution in [2.75, 3.05) is 69.7 Å². The molecule has 10 nitrogen and oxygen atoms in total. The zero-order valence-electron chi connectivity index (χ0n) is 24.0. The number of ether oxygens (including phenoxy) is 2. The van der Waals surface area contributed by atoms with Crippen molar-refractivity contribution < 1.29 is 23.9 Å². The Balaban J connectivity index is 1.47. The summed E-state index contributed by atoms with van der Waals surface area (Å²) in [4.78, 5) is 47.0. The van der Waals surface area contributed by atoms with E-state index < -0.39 is 12.0 Å². The first-order valence-electron chi connectivity index (χ1n) is 14.2. The summed E-state index contributed by atoms with van der Waals surface area (Å²) in [6.07, 6.45) is 0.766. The van der Waals surface area contributed by atoms with Crippen LogP contribution in [0.25, 0.3) is 0 Å². The number of hydrogen-bond acceptors (Lipinski definition) is 8. The minimum Gasteiger partial charge on any atom is -0.494 e. The van der Waals surface area contributed by atoms with Gasteiger partial charge in [0.25, 0.3) is 5.91 Å². The standard InChI is InChI=1S/C30H39N5O5S/c1-4-39-25-13-9-23(10-14-25)31-27(36)21-26-28(37)35(24-11-7-22(8-12-24)29(38)40-5-2)30(41)34(26)16-6-15-33-19-17-32(3)18-20-33/h7-14,26H,4-6,15-21H2,1-3H3,(H,31,36). The summed E-state index contributed by atoms with van der Waals surface area (Å²) in [5.74, 6) is -0.249. The molecule has 0 bridgehead atoms. The van der Waals surface area contributed by atoms with Gasteiger partial charge in [0.1, 0.15) is 11.8 Å². The van der Waals surface area contributed by atoms with E-state index in [9.17, 15) is 14.4 Å². The van der Waals surface area contributed by atoms with E-state index in [0.29, 0.717) is 35.2 Å². The van der Waals surface area contributed by atoms with Gasteiger partial charge in [-0.15, -0.1) is 0 Å². The summed E-state index contributed by atoms with van der Waals surface area (Å²) >= 11 is 5.80. The summed E-state index contributed by atoms with van der Waals surface area (Å²) in [6.45, 7) is 10.0. The maximum Gasteiger partial charge on any atom is 0.338 e. The molecular weight excluding hydrogens is 542 g/mol. The van der Waals surface area contributed by atoms with Gasteiger partial charge in [-0.2, -0.15) is 0 Å². The molecule has 2 amide bonds.